The molecule has 14 heavy (non-hydrogen) atoms. The predicted octanol–water partition coefficient (Wildman–Crippen LogP) is 2.68. The van der Waals surface area contributed by atoms with Gasteiger partial charge in [-0.2, -0.15) is 0 Å². The summed E-state index contributed by atoms with van der Waals surface area (Å²) in [6.07, 6.45) is 0.794. The van der Waals surface area contributed by atoms with Gasteiger partial charge < -0.3 is 4.90 Å². The van der Waals surface area contributed by atoms with Gasteiger partial charge in [0.15, 0.2) is 0 Å². The number of hydrogen-bond donors (Lipinski definition) is 0. The van der Waals surface area contributed by atoms with Gasteiger partial charge in [0, 0.05) is 35.9 Å². The van der Waals surface area contributed by atoms with Gasteiger partial charge in [-0.25, -0.2) is 0 Å². The lowest BCUT2D eigenvalue weighted by Crippen LogP contribution is -2.09. The summed E-state index contributed by atoms with van der Waals surface area (Å²) in [6.45, 7) is 3.89. The Hall–Kier alpha value is -1.28. The van der Waals surface area contributed by atoms with Gasteiger partial charge in [-0.15, -0.1) is 0 Å². The molecule has 3 heteroatoms. The van der Waals surface area contributed by atoms with E-state index in [2.05, 4.69) is 6.58 Å². The maximum Gasteiger partial charge on any atom is 0.150 e. The van der Waals surface area contributed by atoms with Crippen LogP contribution >= 0.6 is 11.6 Å². The molecule has 1 rings (SSSR count). The van der Waals surface area contributed by atoms with Crippen molar-refractivity contribution in [2.24, 2.45) is 0 Å². The second-order valence-corrected chi connectivity index (χ2v) is 3.61. The van der Waals surface area contributed by atoms with Crippen LogP contribution in [0.4, 0.5) is 0 Å². The van der Waals surface area contributed by atoms with Crippen molar-refractivity contribution in [1.82, 2.24) is 4.90 Å². The number of nitrogens with zero attached hydrogens (tertiary/aromatic N) is 1. The first-order valence-corrected chi connectivity index (χ1v) is 4.55. The van der Waals surface area contributed by atoms with Crippen LogP contribution < -0.4 is 0 Å². The number of benzene rings is 1. The Kier molecular flexibility index (Phi) is 3.31. The molecule has 0 fully saturated rings. The Morgan fingerprint density at radius 1 is 1.50 bits per heavy atom. The second kappa shape index (κ2) is 4.29. The van der Waals surface area contributed by atoms with E-state index in [1.165, 1.54) is 0 Å². The fourth-order valence-corrected chi connectivity index (χ4v) is 1.30. The molecule has 74 valence electrons. The van der Waals surface area contributed by atoms with Crippen molar-refractivity contribution in [1.29, 1.82) is 0 Å². The minimum atomic E-state index is 0.604. The lowest BCUT2D eigenvalue weighted by molar-refractivity contribution is 0.112. The second-order valence-electron chi connectivity index (χ2n) is 3.20. The molecular formula is C11H12ClNO. The smallest absolute Gasteiger partial charge is 0.150 e. The molecule has 0 aliphatic carbocycles. The number of carbonyl (C=O) groups is 1. The van der Waals surface area contributed by atoms with Gasteiger partial charge in [0.25, 0.3) is 0 Å². The quantitative estimate of drug-likeness (QED) is 0.714. The van der Waals surface area contributed by atoms with Crippen molar-refractivity contribution < 1.29 is 4.79 Å². The first-order valence-electron chi connectivity index (χ1n) is 4.17. The van der Waals surface area contributed by atoms with Gasteiger partial charge in [0.05, 0.1) is 0 Å². The zero-order chi connectivity index (χ0) is 10.7. The normalized spacial score (nSPS) is 9.64. The highest BCUT2D eigenvalue weighted by Gasteiger charge is 2.06. The van der Waals surface area contributed by atoms with Gasteiger partial charge in [-0.3, -0.25) is 4.79 Å². The summed E-state index contributed by atoms with van der Waals surface area (Å²) in [5.41, 5.74) is 2.19. The standard InChI is InChI=1S/C11H12ClNO/c1-8(13(2)3)10-6-9(7-14)4-5-11(10)12/h4-7H,1H2,2-3H3. The van der Waals surface area contributed by atoms with Crippen LogP contribution in [0.25, 0.3) is 5.70 Å². The third-order valence-corrected chi connectivity index (χ3v) is 2.31. The number of halogens is 1. The Bertz CT molecular complexity index is 372. The van der Waals surface area contributed by atoms with E-state index in [4.69, 9.17) is 11.6 Å². The van der Waals surface area contributed by atoms with E-state index in [1.54, 1.807) is 18.2 Å². The molecule has 1 aromatic carbocycles. The predicted molar refractivity (Wildman–Crippen MR) is 59.6 cm³/mol. The van der Waals surface area contributed by atoms with E-state index in [9.17, 15) is 4.79 Å². The molecular weight excluding hydrogens is 198 g/mol. The topological polar surface area (TPSA) is 20.3 Å². The molecule has 1 aromatic rings. The summed E-state index contributed by atoms with van der Waals surface area (Å²) in [4.78, 5) is 12.4. The van der Waals surface area contributed by atoms with E-state index in [0.29, 0.717) is 10.6 Å². The third kappa shape index (κ3) is 2.15. The van der Waals surface area contributed by atoms with Crippen molar-refractivity contribution in [3.05, 3.63) is 40.9 Å². The molecule has 0 amide bonds. The fourth-order valence-electron chi connectivity index (χ4n) is 1.08. The zero-order valence-corrected chi connectivity index (χ0v) is 9.01. The summed E-state index contributed by atoms with van der Waals surface area (Å²) >= 11 is 5.99. The van der Waals surface area contributed by atoms with E-state index in [1.807, 2.05) is 19.0 Å². The van der Waals surface area contributed by atoms with Gasteiger partial charge in [0.2, 0.25) is 0 Å². The first kappa shape index (κ1) is 10.8. The number of rotatable bonds is 3. The number of hydrogen-bond acceptors (Lipinski definition) is 2. The minimum absolute atomic E-state index is 0.604. The highest BCUT2D eigenvalue weighted by Crippen LogP contribution is 2.24. The lowest BCUT2D eigenvalue weighted by atomic mass is 10.1. The van der Waals surface area contributed by atoms with Crippen LogP contribution in [-0.2, 0) is 0 Å². The van der Waals surface area contributed by atoms with Crippen LogP contribution in [-0.4, -0.2) is 25.3 Å². The summed E-state index contributed by atoms with van der Waals surface area (Å²) in [6, 6.07) is 5.12. The molecule has 0 radical (unpaired) electrons. The summed E-state index contributed by atoms with van der Waals surface area (Å²) < 4.78 is 0. The molecule has 0 saturated carbocycles. The molecule has 0 heterocycles. The largest absolute Gasteiger partial charge is 0.378 e. The van der Waals surface area contributed by atoms with Crippen LogP contribution in [0.2, 0.25) is 5.02 Å². The van der Waals surface area contributed by atoms with Crippen LogP contribution in [0.1, 0.15) is 15.9 Å². The van der Waals surface area contributed by atoms with Crippen molar-refractivity contribution in [3.63, 3.8) is 0 Å². The van der Waals surface area contributed by atoms with Gasteiger partial charge in [-0.05, 0) is 12.1 Å². The fraction of sp³-hybridized carbons (Fsp3) is 0.182. The molecule has 0 atom stereocenters. The molecule has 0 aromatic heterocycles. The zero-order valence-electron chi connectivity index (χ0n) is 8.25. The monoisotopic (exact) mass is 209 g/mol. The minimum Gasteiger partial charge on any atom is -0.378 e. The van der Waals surface area contributed by atoms with Crippen molar-refractivity contribution in [2.75, 3.05) is 14.1 Å². The average Bonchev–Trinajstić information content (AvgIpc) is 2.17. The summed E-state index contributed by atoms with van der Waals surface area (Å²) in [5.74, 6) is 0. The third-order valence-electron chi connectivity index (χ3n) is 1.98. The maximum absolute atomic E-state index is 10.6. The lowest BCUT2D eigenvalue weighted by Gasteiger charge is -2.17. The Balaban J connectivity index is 3.18. The number of carbonyl (C=O) groups excluding carboxylic acids is 1. The van der Waals surface area contributed by atoms with Gasteiger partial charge in [-0.1, -0.05) is 24.2 Å². The molecule has 0 aliphatic rings. The van der Waals surface area contributed by atoms with Crippen LogP contribution in [0.5, 0.6) is 0 Å². The average molecular weight is 210 g/mol. The van der Waals surface area contributed by atoms with E-state index < -0.39 is 0 Å². The van der Waals surface area contributed by atoms with Crippen LogP contribution in [0, 0.1) is 0 Å². The molecule has 0 spiro atoms. The molecule has 0 saturated heterocycles. The molecule has 0 N–H and O–H groups in total. The molecule has 0 unspecified atom stereocenters. The Morgan fingerprint density at radius 2 is 2.14 bits per heavy atom. The molecule has 0 aliphatic heterocycles. The van der Waals surface area contributed by atoms with Crippen molar-refractivity contribution in [2.45, 2.75) is 0 Å². The number of aldehydes is 1. The first-order chi connectivity index (χ1) is 6.56. The van der Waals surface area contributed by atoms with E-state index in [0.717, 1.165) is 17.5 Å². The van der Waals surface area contributed by atoms with E-state index in [-0.39, 0.29) is 0 Å². The van der Waals surface area contributed by atoms with E-state index >= 15 is 0 Å². The summed E-state index contributed by atoms with van der Waals surface area (Å²) in [5, 5.41) is 0.606. The highest BCUT2D eigenvalue weighted by molar-refractivity contribution is 6.32. The summed E-state index contributed by atoms with van der Waals surface area (Å²) in [7, 11) is 3.76. The van der Waals surface area contributed by atoms with Crippen molar-refractivity contribution in [3.8, 4) is 0 Å². The Morgan fingerprint density at radius 3 is 2.64 bits per heavy atom. The molecule has 2 nitrogen and oxygen atoms in total. The van der Waals surface area contributed by atoms with Crippen LogP contribution in [0.3, 0.4) is 0 Å². The maximum atomic E-state index is 10.6. The molecule has 0 bridgehead atoms. The van der Waals surface area contributed by atoms with Gasteiger partial charge >= 0.3 is 0 Å². The Labute approximate surface area is 88.8 Å². The van der Waals surface area contributed by atoms with Crippen molar-refractivity contribution >= 4 is 23.6 Å². The SMILES string of the molecule is C=C(c1cc(C=O)ccc1Cl)N(C)C. The highest BCUT2D eigenvalue weighted by atomic mass is 35.5. The van der Waals surface area contributed by atoms with Gasteiger partial charge in [0.1, 0.15) is 6.29 Å². The van der Waals surface area contributed by atoms with Crippen LogP contribution in [0.15, 0.2) is 24.8 Å².